The Morgan fingerprint density at radius 3 is 3.14 bits per heavy atom. The number of thiophene rings is 1. The van der Waals surface area contributed by atoms with Crippen LogP contribution in [0.3, 0.4) is 0 Å². The summed E-state index contributed by atoms with van der Waals surface area (Å²) in [7, 11) is 0. The van der Waals surface area contributed by atoms with Crippen LogP contribution in [0.5, 0.6) is 0 Å². The Balaban J connectivity index is 1.49. The lowest BCUT2D eigenvalue weighted by Crippen LogP contribution is -2.27. The van der Waals surface area contributed by atoms with E-state index in [0.717, 1.165) is 28.7 Å². The minimum atomic E-state index is 0.116. The number of carbonyl (C=O) groups is 1. The van der Waals surface area contributed by atoms with Gasteiger partial charge in [-0.05, 0) is 43.6 Å². The van der Waals surface area contributed by atoms with Gasteiger partial charge < -0.3 is 5.32 Å². The number of aryl methyl sites for hydroxylation is 2. The van der Waals surface area contributed by atoms with Crippen molar-refractivity contribution in [2.45, 2.75) is 37.1 Å². The number of hydrogen-bond donors (Lipinski definition) is 1. The first kappa shape index (κ1) is 13.5. The number of nitrogens with zero attached hydrogens (tertiary/aromatic N) is 2. The molecule has 2 aliphatic carbocycles. The SMILES string of the molecule is O=C(CSc1ncnc2sc3c(c12)CCC3)NCC1CC1. The summed E-state index contributed by atoms with van der Waals surface area (Å²) >= 11 is 3.34. The second-order valence-corrected chi connectivity index (χ2v) is 7.80. The van der Waals surface area contributed by atoms with Crippen LogP contribution in [0.4, 0.5) is 0 Å². The number of nitrogens with one attached hydrogen (secondary N) is 1. The van der Waals surface area contributed by atoms with Crippen LogP contribution < -0.4 is 5.32 Å². The lowest BCUT2D eigenvalue weighted by atomic mass is 10.2. The molecule has 4 rings (SSSR count). The molecule has 2 heterocycles. The topological polar surface area (TPSA) is 54.9 Å². The van der Waals surface area contributed by atoms with Gasteiger partial charge in [-0.25, -0.2) is 9.97 Å². The number of amides is 1. The Morgan fingerprint density at radius 2 is 2.29 bits per heavy atom. The molecule has 1 saturated carbocycles. The van der Waals surface area contributed by atoms with Crippen molar-refractivity contribution >= 4 is 39.2 Å². The molecule has 0 unspecified atom stereocenters. The lowest BCUT2D eigenvalue weighted by Gasteiger charge is -2.05. The highest BCUT2D eigenvalue weighted by atomic mass is 32.2. The number of aromatic nitrogens is 2. The Labute approximate surface area is 131 Å². The molecular formula is C15H17N3OS2. The van der Waals surface area contributed by atoms with Crippen LogP contribution in [0.15, 0.2) is 11.4 Å². The van der Waals surface area contributed by atoms with Gasteiger partial charge in [0.2, 0.25) is 5.91 Å². The van der Waals surface area contributed by atoms with Gasteiger partial charge in [0.1, 0.15) is 16.2 Å². The molecule has 110 valence electrons. The Hall–Kier alpha value is -1.14. The third-order valence-electron chi connectivity index (χ3n) is 4.09. The van der Waals surface area contributed by atoms with Crippen LogP contribution in [-0.2, 0) is 17.6 Å². The predicted molar refractivity (Wildman–Crippen MR) is 85.9 cm³/mol. The number of hydrogen-bond acceptors (Lipinski definition) is 5. The van der Waals surface area contributed by atoms with Crippen molar-refractivity contribution in [3.05, 3.63) is 16.8 Å². The van der Waals surface area contributed by atoms with Crippen molar-refractivity contribution in [3.8, 4) is 0 Å². The third-order valence-corrected chi connectivity index (χ3v) is 6.28. The maximum Gasteiger partial charge on any atom is 0.230 e. The fraction of sp³-hybridized carbons (Fsp3) is 0.533. The summed E-state index contributed by atoms with van der Waals surface area (Å²) in [6.07, 6.45) is 7.69. The maximum atomic E-state index is 11.9. The van der Waals surface area contributed by atoms with E-state index in [0.29, 0.717) is 5.75 Å². The summed E-state index contributed by atoms with van der Waals surface area (Å²) < 4.78 is 0. The van der Waals surface area contributed by atoms with Gasteiger partial charge in [-0.1, -0.05) is 11.8 Å². The van der Waals surface area contributed by atoms with Crippen molar-refractivity contribution in [2.24, 2.45) is 5.92 Å². The average Bonchev–Trinajstić information content (AvgIpc) is 3.09. The summed E-state index contributed by atoms with van der Waals surface area (Å²) in [6.45, 7) is 0.840. The van der Waals surface area contributed by atoms with E-state index in [-0.39, 0.29) is 5.91 Å². The van der Waals surface area contributed by atoms with E-state index in [4.69, 9.17) is 0 Å². The van der Waals surface area contributed by atoms with Crippen LogP contribution in [0.25, 0.3) is 10.2 Å². The van der Waals surface area contributed by atoms with Gasteiger partial charge >= 0.3 is 0 Å². The van der Waals surface area contributed by atoms with E-state index in [9.17, 15) is 4.79 Å². The Bertz CT molecular complexity index is 694. The highest BCUT2D eigenvalue weighted by Gasteiger charge is 2.23. The normalized spacial score (nSPS) is 17.1. The van der Waals surface area contributed by atoms with Crippen LogP contribution in [0.1, 0.15) is 29.7 Å². The average molecular weight is 319 g/mol. The van der Waals surface area contributed by atoms with E-state index >= 15 is 0 Å². The monoisotopic (exact) mass is 319 g/mol. The summed E-state index contributed by atoms with van der Waals surface area (Å²) in [6, 6.07) is 0. The molecule has 1 N–H and O–H groups in total. The highest BCUT2D eigenvalue weighted by Crippen LogP contribution is 2.39. The van der Waals surface area contributed by atoms with Crippen molar-refractivity contribution in [3.63, 3.8) is 0 Å². The van der Waals surface area contributed by atoms with Crippen molar-refractivity contribution in [1.29, 1.82) is 0 Å². The number of carbonyl (C=O) groups excluding carboxylic acids is 1. The molecule has 0 spiro atoms. The zero-order valence-electron chi connectivity index (χ0n) is 11.7. The van der Waals surface area contributed by atoms with Gasteiger partial charge in [0.05, 0.1) is 5.75 Å². The van der Waals surface area contributed by atoms with Crippen LogP contribution in [-0.4, -0.2) is 28.2 Å². The fourth-order valence-electron chi connectivity index (χ4n) is 2.77. The first-order valence-corrected chi connectivity index (χ1v) is 9.26. The molecule has 0 aromatic carbocycles. The molecule has 2 aromatic rings. The van der Waals surface area contributed by atoms with Gasteiger partial charge in [-0.3, -0.25) is 4.79 Å². The van der Waals surface area contributed by atoms with E-state index in [2.05, 4.69) is 15.3 Å². The molecule has 1 amide bonds. The van der Waals surface area contributed by atoms with Gasteiger partial charge in [-0.2, -0.15) is 0 Å². The number of rotatable bonds is 5. The van der Waals surface area contributed by atoms with Crippen LogP contribution in [0, 0.1) is 5.92 Å². The van der Waals surface area contributed by atoms with Gasteiger partial charge in [0.25, 0.3) is 0 Å². The summed E-state index contributed by atoms with van der Waals surface area (Å²) in [5.74, 6) is 1.29. The predicted octanol–water partition coefficient (Wildman–Crippen LogP) is 2.80. The highest BCUT2D eigenvalue weighted by molar-refractivity contribution is 8.00. The standard InChI is InChI=1S/C15H17N3OS2/c19-12(16-6-9-4-5-9)7-20-14-13-10-2-1-3-11(10)21-15(13)18-8-17-14/h8-9H,1-7H2,(H,16,19). The molecule has 0 saturated heterocycles. The number of fused-ring (bicyclic) bond motifs is 3. The molecule has 2 aliphatic rings. The van der Waals surface area contributed by atoms with E-state index < -0.39 is 0 Å². The second kappa shape index (κ2) is 5.57. The van der Waals surface area contributed by atoms with Crippen molar-refractivity contribution < 1.29 is 4.79 Å². The Morgan fingerprint density at radius 1 is 1.38 bits per heavy atom. The largest absolute Gasteiger partial charge is 0.355 e. The zero-order valence-corrected chi connectivity index (χ0v) is 13.4. The van der Waals surface area contributed by atoms with Crippen LogP contribution >= 0.6 is 23.1 Å². The fourth-order valence-corrected chi connectivity index (χ4v) is 4.92. The van der Waals surface area contributed by atoms with Crippen LogP contribution in [0.2, 0.25) is 0 Å². The minimum Gasteiger partial charge on any atom is -0.355 e. The van der Waals surface area contributed by atoms with Crippen molar-refractivity contribution in [1.82, 2.24) is 15.3 Å². The molecule has 0 aliphatic heterocycles. The molecular weight excluding hydrogens is 302 g/mol. The summed E-state index contributed by atoms with van der Waals surface area (Å²) in [4.78, 5) is 23.2. The molecule has 6 heteroatoms. The van der Waals surface area contributed by atoms with Gasteiger partial charge in [-0.15, -0.1) is 11.3 Å². The quantitative estimate of drug-likeness (QED) is 0.680. The first-order chi connectivity index (χ1) is 10.3. The van der Waals surface area contributed by atoms with E-state index in [1.54, 1.807) is 29.4 Å². The summed E-state index contributed by atoms with van der Waals surface area (Å²) in [5, 5.41) is 5.19. The molecule has 0 bridgehead atoms. The Kier molecular flexibility index (Phi) is 3.59. The molecule has 0 radical (unpaired) electrons. The molecule has 1 fully saturated rings. The number of thioether (sulfide) groups is 1. The maximum absolute atomic E-state index is 11.9. The van der Waals surface area contributed by atoms with Gasteiger partial charge in [0.15, 0.2) is 0 Å². The van der Waals surface area contributed by atoms with E-state index in [1.807, 2.05) is 0 Å². The van der Waals surface area contributed by atoms with Crippen molar-refractivity contribution in [2.75, 3.05) is 12.3 Å². The first-order valence-electron chi connectivity index (χ1n) is 7.46. The molecule has 4 nitrogen and oxygen atoms in total. The minimum absolute atomic E-state index is 0.116. The lowest BCUT2D eigenvalue weighted by molar-refractivity contribution is -0.118. The second-order valence-electron chi connectivity index (χ2n) is 5.75. The zero-order chi connectivity index (χ0) is 14.2. The van der Waals surface area contributed by atoms with E-state index in [1.165, 1.54) is 41.5 Å². The molecule has 2 aromatic heterocycles. The summed E-state index contributed by atoms with van der Waals surface area (Å²) in [5.41, 5.74) is 1.43. The third kappa shape index (κ3) is 2.79. The van der Waals surface area contributed by atoms with Gasteiger partial charge in [0, 0.05) is 16.8 Å². The smallest absolute Gasteiger partial charge is 0.230 e. The molecule has 21 heavy (non-hydrogen) atoms. The molecule has 0 atom stereocenters.